The number of likely N-dealkylation sites (tertiary alicyclic amines) is 1. The molecule has 1 fully saturated rings. The molecule has 6 nitrogen and oxygen atoms in total. The standard InChI is InChI=1S/C15H25NO5/c1-9-7-11(12(20-6)10(2)13(17)18)16(8-9)14(19)21-15(3,4)5/h10-12H,1,7-8H2,2-6H3,(H,17,18)/t10-,11+,12-/m1/s1. The van der Waals surface area contributed by atoms with Crippen molar-refractivity contribution < 1.29 is 24.2 Å². The first-order chi connectivity index (χ1) is 9.56. The normalized spacial score (nSPS) is 22.0. The zero-order valence-corrected chi connectivity index (χ0v) is 13.4. The summed E-state index contributed by atoms with van der Waals surface area (Å²) in [5.41, 5.74) is 0.262. The highest BCUT2D eigenvalue weighted by molar-refractivity contribution is 5.72. The van der Waals surface area contributed by atoms with Gasteiger partial charge in [0.05, 0.1) is 18.1 Å². The molecule has 0 radical (unpaired) electrons. The number of hydrogen-bond acceptors (Lipinski definition) is 4. The van der Waals surface area contributed by atoms with Gasteiger partial charge in [-0.1, -0.05) is 12.2 Å². The van der Waals surface area contributed by atoms with Crippen LogP contribution in [-0.2, 0) is 14.3 Å². The van der Waals surface area contributed by atoms with Crippen molar-refractivity contribution in [3.63, 3.8) is 0 Å². The molecule has 120 valence electrons. The molecule has 1 saturated heterocycles. The van der Waals surface area contributed by atoms with E-state index in [4.69, 9.17) is 9.47 Å². The minimum Gasteiger partial charge on any atom is -0.481 e. The van der Waals surface area contributed by atoms with Crippen molar-refractivity contribution in [3.8, 4) is 0 Å². The van der Waals surface area contributed by atoms with Crippen LogP contribution >= 0.6 is 0 Å². The van der Waals surface area contributed by atoms with Gasteiger partial charge in [0.25, 0.3) is 0 Å². The maximum atomic E-state index is 12.3. The lowest BCUT2D eigenvalue weighted by molar-refractivity contribution is -0.147. The summed E-state index contributed by atoms with van der Waals surface area (Å²) in [5, 5.41) is 9.18. The van der Waals surface area contributed by atoms with Crippen LogP contribution in [0, 0.1) is 5.92 Å². The predicted molar refractivity (Wildman–Crippen MR) is 78.1 cm³/mol. The number of rotatable bonds is 4. The van der Waals surface area contributed by atoms with E-state index in [2.05, 4.69) is 6.58 Å². The van der Waals surface area contributed by atoms with Gasteiger partial charge in [-0.2, -0.15) is 0 Å². The molecule has 1 rings (SSSR count). The van der Waals surface area contributed by atoms with E-state index in [0.29, 0.717) is 13.0 Å². The van der Waals surface area contributed by atoms with Gasteiger partial charge in [-0.05, 0) is 34.1 Å². The van der Waals surface area contributed by atoms with Gasteiger partial charge < -0.3 is 14.6 Å². The molecule has 6 heteroatoms. The second-order valence-electron chi connectivity index (χ2n) is 6.46. The van der Waals surface area contributed by atoms with Crippen LogP contribution < -0.4 is 0 Å². The van der Waals surface area contributed by atoms with E-state index < -0.39 is 29.7 Å². The molecular formula is C15H25NO5. The SMILES string of the molecule is C=C1C[C@@H]([C@H](OC)[C@@H](C)C(=O)O)N(C(=O)OC(C)(C)C)C1. The topological polar surface area (TPSA) is 76.1 Å². The Balaban J connectivity index is 2.94. The van der Waals surface area contributed by atoms with Crippen LogP contribution in [0.1, 0.15) is 34.1 Å². The Bertz CT molecular complexity index is 426. The third kappa shape index (κ3) is 4.46. The van der Waals surface area contributed by atoms with E-state index in [-0.39, 0.29) is 6.04 Å². The van der Waals surface area contributed by atoms with Gasteiger partial charge in [-0.15, -0.1) is 0 Å². The fraction of sp³-hybridized carbons (Fsp3) is 0.733. The summed E-state index contributed by atoms with van der Waals surface area (Å²) in [6, 6.07) is -0.372. The molecule has 3 atom stereocenters. The van der Waals surface area contributed by atoms with Crippen molar-refractivity contribution in [2.45, 2.75) is 51.9 Å². The molecule has 1 amide bonds. The number of hydrogen-bond donors (Lipinski definition) is 1. The lowest BCUT2D eigenvalue weighted by Gasteiger charge is -2.33. The fourth-order valence-electron chi connectivity index (χ4n) is 2.48. The number of nitrogens with zero attached hydrogens (tertiary/aromatic N) is 1. The number of aliphatic carboxylic acids is 1. The quantitative estimate of drug-likeness (QED) is 0.806. The molecule has 0 spiro atoms. The van der Waals surface area contributed by atoms with E-state index in [1.807, 2.05) is 0 Å². The number of methoxy groups -OCH3 is 1. The Kier molecular flexibility index (Phi) is 5.39. The molecule has 21 heavy (non-hydrogen) atoms. The molecule has 0 unspecified atom stereocenters. The third-order valence-corrected chi connectivity index (χ3v) is 3.45. The maximum Gasteiger partial charge on any atom is 0.410 e. The lowest BCUT2D eigenvalue weighted by Crippen LogP contribution is -2.49. The Morgan fingerprint density at radius 3 is 2.43 bits per heavy atom. The van der Waals surface area contributed by atoms with Crippen molar-refractivity contribution in [1.82, 2.24) is 4.90 Å². The van der Waals surface area contributed by atoms with E-state index in [1.54, 1.807) is 27.7 Å². The Hall–Kier alpha value is -1.56. The van der Waals surface area contributed by atoms with Crippen molar-refractivity contribution >= 4 is 12.1 Å². The molecule has 0 aromatic heterocycles. The van der Waals surface area contributed by atoms with Gasteiger partial charge in [-0.3, -0.25) is 9.69 Å². The first-order valence-electron chi connectivity index (χ1n) is 6.98. The van der Waals surface area contributed by atoms with Gasteiger partial charge in [-0.25, -0.2) is 4.79 Å². The molecule has 0 aromatic rings. The molecule has 0 bridgehead atoms. The molecule has 1 aliphatic rings. The Morgan fingerprint density at radius 1 is 1.43 bits per heavy atom. The molecular weight excluding hydrogens is 274 g/mol. The van der Waals surface area contributed by atoms with Crippen molar-refractivity contribution in [3.05, 3.63) is 12.2 Å². The summed E-state index contributed by atoms with van der Waals surface area (Å²) in [4.78, 5) is 25.0. The van der Waals surface area contributed by atoms with Crippen LogP contribution in [0.25, 0.3) is 0 Å². The van der Waals surface area contributed by atoms with E-state index >= 15 is 0 Å². The highest BCUT2D eigenvalue weighted by Gasteiger charge is 2.42. The monoisotopic (exact) mass is 299 g/mol. The Labute approximate surface area is 125 Å². The van der Waals surface area contributed by atoms with Gasteiger partial charge in [0.1, 0.15) is 5.60 Å². The molecule has 1 heterocycles. The summed E-state index contributed by atoms with van der Waals surface area (Å²) >= 11 is 0. The first-order valence-corrected chi connectivity index (χ1v) is 6.98. The van der Waals surface area contributed by atoms with Crippen LogP contribution in [0.3, 0.4) is 0 Å². The summed E-state index contributed by atoms with van der Waals surface area (Å²) in [6.07, 6.45) is -0.546. The van der Waals surface area contributed by atoms with Gasteiger partial charge in [0.2, 0.25) is 0 Å². The van der Waals surface area contributed by atoms with Gasteiger partial charge in [0, 0.05) is 13.7 Å². The van der Waals surface area contributed by atoms with Crippen LogP contribution in [-0.4, -0.2) is 53.5 Å². The zero-order valence-electron chi connectivity index (χ0n) is 13.4. The molecule has 0 saturated carbocycles. The average molecular weight is 299 g/mol. The highest BCUT2D eigenvalue weighted by atomic mass is 16.6. The predicted octanol–water partition coefficient (Wildman–Crippen LogP) is 2.29. The molecule has 1 N–H and O–H groups in total. The number of carbonyl (C=O) groups is 2. The number of carbonyl (C=O) groups excluding carboxylic acids is 1. The van der Waals surface area contributed by atoms with Crippen molar-refractivity contribution in [2.24, 2.45) is 5.92 Å². The molecule has 0 aliphatic carbocycles. The number of carboxylic acids is 1. The number of amides is 1. The van der Waals surface area contributed by atoms with Crippen LogP contribution in [0.4, 0.5) is 4.79 Å². The molecule has 0 aromatic carbocycles. The average Bonchev–Trinajstić information content (AvgIpc) is 2.70. The van der Waals surface area contributed by atoms with E-state index in [9.17, 15) is 14.7 Å². The van der Waals surface area contributed by atoms with Crippen LogP contribution in [0.2, 0.25) is 0 Å². The number of carboxylic acid groups (broad SMARTS) is 1. The smallest absolute Gasteiger partial charge is 0.410 e. The lowest BCUT2D eigenvalue weighted by atomic mass is 9.95. The summed E-state index contributed by atoms with van der Waals surface area (Å²) in [5.74, 6) is -1.68. The van der Waals surface area contributed by atoms with E-state index in [0.717, 1.165) is 5.57 Å². The van der Waals surface area contributed by atoms with Gasteiger partial charge >= 0.3 is 12.1 Å². The largest absolute Gasteiger partial charge is 0.481 e. The molecule has 1 aliphatic heterocycles. The Morgan fingerprint density at radius 2 is 2.00 bits per heavy atom. The zero-order chi connectivity index (χ0) is 16.4. The van der Waals surface area contributed by atoms with Crippen molar-refractivity contribution in [1.29, 1.82) is 0 Å². The first kappa shape index (κ1) is 17.5. The fourth-order valence-corrected chi connectivity index (χ4v) is 2.48. The summed E-state index contributed by atoms with van der Waals surface area (Å²) < 4.78 is 10.7. The highest BCUT2D eigenvalue weighted by Crippen LogP contribution is 2.30. The van der Waals surface area contributed by atoms with Crippen molar-refractivity contribution in [2.75, 3.05) is 13.7 Å². The minimum atomic E-state index is -0.955. The number of ether oxygens (including phenoxy) is 2. The van der Waals surface area contributed by atoms with Gasteiger partial charge in [0.15, 0.2) is 0 Å². The third-order valence-electron chi connectivity index (χ3n) is 3.45. The second-order valence-corrected chi connectivity index (χ2v) is 6.46. The minimum absolute atomic E-state index is 0.367. The maximum absolute atomic E-state index is 12.3. The second kappa shape index (κ2) is 6.47. The van der Waals surface area contributed by atoms with E-state index in [1.165, 1.54) is 12.0 Å². The summed E-state index contributed by atoms with van der Waals surface area (Å²) in [7, 11) is 1.46. The van der Waals surface area contributed by atoms with Crippen LogP contribution in [0.15, 0.2) is 12.2 Å². The van der Waals surface area contributed by atoms with Crippen LogP contribution in [0.5, 0.6) is 0 Å². The summed E-state index contributed by atoms with van der Waals surface area (Å²) in [6.45, 7) is 11.2.